The Kier molecular flexibility index (Phi) is 7.92. The van der Waals surface area contributed by atoms with Crippen molar-refractivity contribution in [3.05, 3.63) is 71.8 Å². The molecule has 5 heteroatoms. The van der Waals surface area contributed by atoms with E-state index in [0.29, 0.717) is 17.9 Å². The molecule has 0 aliphatic carbocycles. The van der Waals surface area contributed by atoms with Gasteiger partial charge in [0.25, 0.3) is 5.91 Å². The van der Waals surface area contributed by atoms with Crippen molar-refractivity contribution < 1.29 is 9.59 Å². The van der Waals surface area contributed by atoms with Crippen molar-refractivity contribution in [3.63, 3.8) is 0 Å². The summed E-state index contributed by atoms with van der Waals surface area (Å²) in [5.41, 5.74) is 0.714. The number of rotatable bonds is 9. The molecule has 160 valence electrons. The normalized spacial score (nSPS) is 16.7. The maximum absolute atomic E-state index is 13.6. The summed E-state index contributed by atoms with van der Waals surface area (Å²) in [6.45, 7) is 3.58. The summed E-state index contributed by atoms with van der Waals surface area (Å²) in [5.74, 6) is 0.178. The molecule has 2 atom stereocenters. The SMILES string of the molecule is C[C@@](NC(=O)c1ccccc1)(c1ccccc1)[C@H](CCCCCl)C(=O)N1CCCC1. The van der Waals surface area contributed by atoms with Crippen LogP contribution < -0.4 is 5.32 Å². The molecular formula is C25H31ClN2O2. The zero-order valence-electron chi connectivity index (χ0n) is 17.6. The first-order valence-electron chi connectivity index (χ1n) is 10.8. The summed E-state index contributed by atoms with van der Waals surface area (Å²) in [6.07, 6.45) is 4.46. The van der Waals surface area contributed by atoms with Crippen LogP contribution in [0.25, 0.3) is 0 Å². The van der Waals surface area contributed by atoms with Gasteiger partial charge in [-0.15, -0.1) is 11.6 Å². The van der Waals surface area contributed by atoms with E-state index in [1.165, 1.54) is 0 Å². The number of hydrogen-bond donors (Lipinski definition) is 1. The molecule has 3 rings (SSSR count). The Morgan fingerprint density at radius 2 is 1.60 bits per heavy atom. The molecule has 1 aliphatic rings. The quantitative estimate of drug-likeness (QED) is 0.454. The van der Waals surface area contributed by atoms with Gasteiger partial charge in [-0.1, -0.05) is 55.0 Å². The van der Waals surface area contributed by atoms with Crippen LogP contribution in [0.1, 0.15) is 54.9 Å². The van der Waals surface area contributed by atoms with Crippen LogP contribution in [0.3, 0.4) is 0 Å². The number of benzene rings is 2. The van der Waals surface area contributed by atoms with E-state index in [1.54, 1.807) is 12.1 Å². The van der Waals surface area contributed by atoms with Crippen molar-refractivity contribution in [2.45, 2.75) is 44.6 Å². The van der Waals surface area contributed by atoms with Crippen molar-refractivity contribution in [1.29, 1.82) is 0 Å². The minimum absolute atomic E-state index is 0.127. The van der Waals surface area contributed by atoms with E-state index in [9.17, 15) is 9.59 Å². The minimum Gasteiger partial charge on any atom is -0.342 e. The van der Waals surface area contributed by atoms with Crippen LogP contribution in [0, 0.1) is 5.92 Å². The standard InChI is InChI=1S/C25H31ClN2O2/c1-25(21-14-6-3-7-15-21,27-23(29)20-12-4-2-5-13-20)22(16-8-9-17-26)24(30)28-18-10-11-19-28/h2-7,12-15,22H,8-11,16-19H2,1H3,(H,27,29)/t22-,25-/m1/s1. The average molecular weight is 427 g/mol. The van der Waals surface area contributed by atoms with Gasteiger partial charge in [-0.2, -0.15) is 0 Å². The van der Waals surface area contributed by atoms with Gasteiger partial charge in [0.1, 0.15) is 0 Å². The second-order valence-electron chi connectivity index (χ2n) is 8.16. The second kappa shape index (κ2) is 10.6. The van der Waals surface area contributed by atoms with Crippen molar-refractivity contribution in [2.75, 3.05) is 19.0 Å². The summed E-state index contributed by atoms with van der Waals surface area (Å²) in [7, 11) is 0. The smallest absolute Gasteiger partial charge is 0.251 e. The van der Waals surface area contributed by atoms with Gasteiger partial charge in [-0.05, 0) is 50.3 Å². The highest BCUT2D eigenvalue weighted by atomic mass is 35.5. The molecule has 0 saturated carbocycles. The van der Waals surface area contributed by atoms with E-state index in [-0.39, 0.29) is 17.7 Å². The number of carbonyl (C=O) groups is 2. The van der Waals surface area contributed by atoms with E-state index >= 15 is 0 Å². The molecule has 0 aromatic heterocycles. The lowest BCUT2D eigenvalue weighted by Crippen LogP contribution is -2.54. The predicted molar refractivity (Wildman–Crippen MR) is 122 cm³/mol. The zero-order valence-corrected chi connectivity index (χ0v) is 18.4. The molecule has 1 aliphatic heterocycles. The fourth-order valence-corrected chi connectivity index (χ4v) is 4.49. The molecule has 4 nitrogen and oxygen atoms in total. The summed E-state index contributed by atoms with van der Waals surface area (Å²) >= 11 is 5.92. The molecule has 0 spiro atoms. The van der Waals surface area contributed by atoms with Crippen LogP contribution in [0.2, 0.25) is 0 Å². The monoisotopic (exact) mass is 426 g/mol. The van der Waals surface area contributed by atoms with Crippen LogP contribution in [-0.2, 0) is 10.3 Å². The van der Waals surface area contributed by atoms with E-state index in [4.69, 9.17) is 11.6 Å². The zero-order chi connectivity index (χ0) is 21.4. The van der Waals surface area contributed by atoms with E-state index in [1.807, 2.05) is 60.4 Å². The topological polar surface area (TPSA) is 49.4 Å². The van der Waals surface area contributed by atoms with Gasteiger partial charge < -0.3 is 10.2 Å². The molecular weight excluding hydrogens is 396 g/mol. The van der Waals surface area contributed by atoms with Crippen LogP contribution in [-0.4, -0.2) is 35.7 Å². The Balaban J connectivity index is 1.97. The Hall–Kier alpha value is -2.33. The van der Waals surface area contributed by atoms with Gasteiger partial charge in [-0.3, -0.25) is 9.59 Å². The van der Waals surface area contributed by atoms with Crippen molar-refractivity contribution in [1.82, 2.24) is 10.2 Å². The summed E-state index contributed by atoms with van der Waals surface area (Å²) < 4.78 is 0. The minimum atomic E-state index is -0.819. The van der Waals surface area contributed by atoms with Crippen molar-refractivity contribution in [3.8, 4) is 0 Å². The highest BCUT2D eigenvalue weighted by molar-refractivity contribution is 6.17. The van der Waals surface area contributed by atoms with E-state index < -0.39 is 5.54 Å². The van der Waals surface area contributed by atoms with Crippen LogP contribution >= 0.6 is 11.6 Å². The van der Waals surface area contributed by atoms with Gasteiger partial charge in [0, 0.05) is 24.5 Å². The number of alkyl halides is 1. The van der Waals surface area contributed by atoms with Crippen LogP contribution in [0.5, 0.6) is 0 Å². The first-order valence-corrected chi connectivity index (χ1v) is 11.4. The highest BCUT2D eigenvalue weighted by Crippen LogP contribution is 2.35. The molecule has 1 heterocycles. The van der Waals surface area contributed by atoms with Gasteiger partial charge in [0.2, 0.25) is 5.91 Å². The number of nitrogens with zero attached hydrogens (tertiary/aromatic N) is 1. The Morgan fingerprint density at radius 3 is 2.20 bits per heavy atom. The lowest BCUT2D eigenvalue weighted by molar-refractivity contribution is -0.137. The van der Waals surface area contributed by atoms with Gasteiger partial charge in [0.05, 0.1) is 11.5 Å². The molecule has 0 radical (unpaired) electrons. The van der Waals surface area contributed by atoms with Crippen molar-refractivity contribution >= 4 is 23.4 Å². The third-order valence-corrected chi connectivity index (χ3v) is 6.34. The Bertz CT molecular complexity index is 822. The molecule has 2 amide bonds. The number of unbranched alkanes of at least 4 members (excludes halogenated alkanes) is 1. The Labute approximate surface area is 184 Å². The first-order chi connectivity index (χ1) is 14.6. The number of likely N-dealkylation sites (tertiary alicyclic amines) is 1. The lowest BCUT2D eigenvalue weighted by Gasteiger charge is -2.40. The van der Waals surface area contributed by atoms with E-state index in [0.717, 1.165) is 44.3 Å². The second-order valence-corrected chi connectivity index (χ2v) is 8.54. The summed E-state index contributed by atoms with van der Waals surface area (Å²) in [5, 5.41) is 3.24. The molecule has 1 saturated heterocycles. The number of carbonyl (C=O) groups excluding carboxylic acids is 2. The summed E-state index contributed by atoms with van der Waals surface area (Å²) in [4.78, 5) is 28.7. The molecule has 1 N–H and O–H groups in total. The highest BCUT2D eigenvalue weighted by Gasteiger charge is 2.43. The lowest BCUT2D eigenvalue weighted by atomic mass is 9.75. The maximum Gasteiger partial charge on any atom is 0.251 e. The number of hydrogen-bond acceptors (Lipinski definition) is 2. The predicted octanol–water partition coefficient (Wildman–Crippen LogP) is 4.98. The van der Waals surface area contributed by atoms with Gasteiger partial charge in [0.15, 0.2) is 0 Å². The van der Waals surface area contributed by atoms with Crippen LogP contribution in [0.4, 0.5) is 0 Å². The molecule has 2 aromatic carbocycles. The third-order valence-electron chi connectivity index (χ3n) is 6.07. The fourth-order valence-electron chi connectivity index (χ4n) is 4.30. The van der Waals surface area contributed by atoms with Gasteiger partial charge in [-0.25, -0.2) is 0 Å². The number of nitrogens with one attached hydrogen (secondary N) is 1. The summed E-state index contributed by atoms with van der Waals surface area (Å²) in [6, 6.07) is 19.0. The fraction of sp³-hybridized carbons (Fsp3) is 0.440. The number of halogens is 1. The number of amides is 2. The molecule has 1 fully saturated rings. The van der Waals surface area contributed by atoms with Crippen molar-refractivity contribution in [2.24, 2.45) is 5.92 Å². The maximum atomic E-state index is 13.6. The average Bonchev–Trinajstić information content (AvgIpc) is 3.32. The molecule has 0 bridgehead atoms. The molecule has 0 unspecified atom stereocenters. The molecule has 30 heavy (non-hydrogen) atoms. The van der Waals surface area contributed by atoms with Crippen LogP contribution in [0.15, 0.2) is 60.7 Å². The Morgan fingerprint density at radius 1 is 1.00 bits per heavy atom. The molecule has 2 aromatic rings. The third kappa shape index (κ3) is 5.23. The van der Waals surface area contributed by atoms with Gasteiger partial charge >= 0.3 is 0 Å². The van der Waals surface area contributed by atoms with E-state index in [2.05, 4.69) is 5.32 Å². The largest absolute Gasteiger partial charge is 0.342 e. The first kappa shape index (κ1) is 22.4.